The molecule has 0 aliphatic rings. The predicted octanol–water partition coefficient (Wildman–Crippen LogP) is 4.84. The average molecular weight is 327 g/mol. The minimum atomic E-state index is 0.189. The minimum Gasteiger partial charge on any atom is -0.359 e. The van der Waals surface area contributed by atoms with E-state index in [2.05, 4.69) is 86.9 Å². The molecule has 0 saturated carbocycles. The summed E-state index contributed by atoms with van der Waals surface area (Å²) in [4.78, 5) is 0. The fourth-order valence-electron chi connectivity index (χ4n) is 2.39. The summed E-state index contributed by atoms with van der Waals surface area (Å²) in [5.74, 6) is 0.560. The lowest BCUT2D eigenvalue weighted by Gasteiger charge is -2.18. The van der Waals surface area contributed by atoms with Gasteiger partial charge in [-0.1, -0.05) is 67.9 Å². The molecule has 0 heterocycles. The SMILES string of the molecule is Cc1ccc(CNC(=S)NC(C)c2ccc(C(C)C)cc2)cc1. The smallest absolute Gasteiger partial charge is 0.167 e. The van der Waals surface area contributed by atoms with Gasteiger partial charge in [-0.25, -0.2) is 0 Å². The number of hydrogen-bond acceptors (Lipinski definition) is 1. The van der Waals surface area contributed by atoms with Crippen LogP contribution in [-0.2, 0) is 6.54 Å². The Hall–Kier alpha value is -1.87. The third-order valence-corrected chi connectivity index (χ3v) is 4.29. The van der Waals surface area contributed by atoms with Gasteiger partial charge in [0, 0.05) is 6.54 Å². The summed E-state index contributed by atoms with van der Waals surface area (Å²) in [6.45, 7) is 9.38. The van der Waals surface area contributed by atoms with Crippen molar-refractivity contribution in [2.45, 2.75) is 46.2 Å². The van der Waals surface area contributed by atoms with Gasteiger partial charge in [-0.05, 0) is 48.7 Å². The molecule has 122 valence electrons. The molecule has 0 fully saturated rings. The highest BCUT2D eigenvalue weighted by atomic mass is 32.1. The molecule has 2 nitrogen and oxygen atoms in total. The molecule has 2 rings (SSSR count). The van der Waals surface area contributed by atoms with Crippen molar-refractivity contribution < 1.29 is 0 Å². The van der Waals surface area contributed by atoms with Crippen LogP contribution in [0.4, 0.5) is 0 Å². The Morgan fingerprint density at radius 2 is 1.48 bits per heavy atom. The number of aryl methyl sites for hydroxylation is 1. The van der Waals surface area contributed by atoms with E-state index >= 15 is 0 Å². The van der Waals surface area contributed by atoms with E-state index in [1.54, 1.807) is 0 Å². The lowest BCUT2D eigenvalue weighted by Crippen LogP contribution is -2.36. The Morgan fingerprint density at radius 3 is 2.04 bits per heavy atom. The van der Waals surface area contributed by atoms with Crippen molar-refractivity contribution in [3.63, 3.8) is 0 Å². The molecule has 0 spiro atoms. The van der Waals surface area contributed by atoms with Crippen molar-refractivity contribution in [1.82, 2.24) is 10.6 Å². The van der Waals surface area contributed by atoms with E-state index < -0.39 is 0 Å². The molecule has 0 aliphatic carbocycles. The van der Waals surface area contributed by atoms with Gasteiger partial charge in [0.05, 0.1) is 6.04 Å². The first-order valence-corrected chi connectivity index (χ1v) is 8.56. The van der Waals surface area contributed by atoms with Crippen molar-refractivity contribution in [3.05, 3.63) is 70.8 Å². The molecule has 23 heavy (non-hydrogen) atoms. The second-order valence-corrected chi connectivity index (χ2v) is 6.76. The molecule has 0 aliphatic heterocycles. The van der Waals surface area contributed by atoms with Crippen LogP contribution in [0.5, 0.6) is 0 Å². The van der Waals surface area contributed by atoms with E-state index in [0.29, 0.717) is 11.0 Å². The van der Waals surface area contributed by atoms with E-state index in [1.807, 2.05) is 0 Å². The zero-order valence-corrected chi connectivity index (χ0v) is 15.2. The monoisotopic (exact) mass is 326 g/mol. The maximum atomic E-state index is 5.40. The van der Waals surface area contributed by atoms with Gasteiger partial charge >= 0.3 is 0 Å². The van der Waals surface area contributed by atoms with Gasteiger partial charge in [0.25, 0.3) is 0 Å². The van der Waals surface area contributed by atoms with Crippen molar-refractivity contribution in [2.75, 3.05) is 0 Å². The maximum absolute atomic E-state index is 5.40. The van der Waals surface area contributed by atoms with Crippen LogP contribution in [0.25, 0.3) is 0 Å². The molecule has 0 amide bonds. The van der Waals surface area contributed by atoms with Crippen LogP contribution >= 0.6 is 12.2 Å². The molecule has 0 aromatic heterocycles. The fourth-order valence-corrected chi connectivity index (χ4v) is 2.64. The zero-order chi connectivity index (χ0) is 16.8. The zero-order valence-electron chi connectivity index (χ0n) is 14.4. The summed E-state index contributed by atoms with van der Waals surface area (Å²) in [7, 11) is 0. The van der Waals surface area contributed by atoms with Gasteiger partial charge < -0.3 is 10.6 Å². The Bertz CT molecular complexity index is 630. The van der Waals surface area contributed by atoms with Crippen molar-refractivity contribution in [3.8, 4) is 0 Å². The van der Waals surface area contributed by atoms with Crippen molar-refractivity contribution in [2.24, 2.45) is 0 Å². The molecule has 0 saturated heterocycles. The summed E-state index contributed by atoms with van der Waals surface area (Å²) >= 11 is 5.40. The first kappa shape index (κ1) is 17.5. The largest absolute Gasteiger partial charge is 0.359 e. The molecular formula is C20H26N2S. The fraction of sp³-hybridized carbons (Fsp3) is 0.350. The molecule has 2 N–H and O–H groups in total. The van der Waals surface area contributed by atoms with Crippen molar-refractivity contribution >= 4 is 17.3 Å². The third-order valence-electron chi connectivity index (χ3n) is 4.02. The molecule has 1 atom stereocenters. The minimum absolute atomic E-state index is 0.189. The van der Waals surface area contributed by atoms with E-state index in [0.717, 1.165) is 6.54 Å². The number of nitrogens with one attached hydrogen (secondary N) is 2. The molecule has 1 unspecified atom stereocenters. The van der Waals surface area contributed by atoms with Gasteiger partial charge in [0.1, 0.15) is 0 Å². The van der Waals surface area contributed by atoms with Gasteiger partial charge in [-0.3, -0.25) is 0 Å². The highest BCUT2D eigenvalue weighted by Gasteiger charge is 2.07. The normalized spacial score (nSPS) is 12.0. The Labute approximate surface area is 145 Å². The molecular weight excluding hydrogens is 300 g/mol. The van der Waals surface area contributed by atoms with E-state index in [1.165, 1.54) is 22.3 Å². The van der Waals surface area contributed by atoms with E-state index in [9.17, 15) is 0 Å². The van der Waals surface area contributed by atoms with Crippen LogP contribution in [0.15, 0.2) is 48.5 Å². The second-order valence-electron chi connectivity index (χ2n) is 6.36. The number of benzene rings is 2. The Morgan fingerprint density at radius 1 is 0.913 bits per heavy atom. The summed E-state index contributed by atoms with van der Waals surface area (Å²) in [5.41, 5.74) is 5.11. The predicted molar refractivity (Wildman–Crippen MR) is 103 cm³/mol. The van der Waals surface area contributed by atoms with E-state index in [4.69, 9.17) is 12.2 Å². The van der Waals surface area contributed by atoms with Gasteiger partial charge in [-0.2, -0.15) is 0 Å². The van der Waals surface area contributed by atoms with Crippen LogP contribution < -0.4 is 10.6 Å². The Kier molecular flexibility index (Phi) is 6.17. The van der Waals surface area contributed by atoms with Crippen LogP contribution in [0.3, 0.4) is 0 Å². The summed E-state index contributed by atoms with van der Waals surface area (Å²) in [6.07, 6.45) is 0. The summed E-state index contributed by atoms with van der Waals surface area (Å²) in [5, 5.41) is 7.30. The van der Waals surface area contributed by atoms with Crippen LogP contribution in [-0.4, -0.2) is 5.11 Å². The highest BCUT2D eigenvalue weighted by molar-refractivity contribution is 7.80. The van der Waals surface area contributed by atoms with Gasteiger partial charge in [0.2, 0.25) is 0 Å². The molecule has 2 aromatic rings. The standard InChI is InChI=1S/C20H26N2S/c1-14(2)18-9-11-19(12-10-18)16(4)22-20(23)21-13-17-7-5-15(3)6-8-17/h5-12,14,16H,13H2,1-4H3,(H2,21,22,23). The summed E-state index contributed by atoms with van der Waals surface area (Å²) in [6, 6.07) is 17.4. The molecule has 2 aromatic carbocycles. The number of rotatable bonds is 5. The van der Waals surface area contributed by atoms with Gasteiger partial charge in [-0.15, -0.1) is 0 Å². The molecule has 3 heteroatoms. The first-order valence-electron chi connectivity index (χ1n) is 8.15. The van der Waals surface area contributed by atoms with E-state index in [-0.39, 0.29) is 6.04 Å². The number of thiocarbonyl (C=S) groups is 1. The molecule has 0 radical (unpaired) electrons. The third kappa shape index (κ3) is 5.36. The second kappa shape index (κ2) is 8.11. The molecule has 0 bridgehead atoms. The summed E-state index contributed by atoms with van der Waals surface area (Å²) < 4.78 is 0. The lowest BCUT2D eigenvalue weighted by atomic mass is 10.00. The number of hydrogen-bond donors (Lipinski definition) is 2. The highest BCUT2D eigenvalue weighted by Crippen LogP contribution is 2.18. The Balaban J connectivity index is 1.85. The topological polar surface area (TPSA) is 24.1 Å². The lowest BCUT2D eigenvalue weighted by molar-refractivity contribution is 0.696. The average Bonchev–Trinajstić information content (AvgIpc) is 2.54. The first-order chi connectivity index (χ1) is 11.0. The quantitative estimate of drug-likeness (QED) is 0.769. The van der Waals surface area contributed by atoms with Crippen LogP contribution in [0, 0.1) is 6.92 Å². The van der Waals surface area contributed by atoms with Crippen LogP contribution in [0.1, 0.15) is 55.0 Å². The van der Waals surface area contributed by atoms with Crippen LogP contribution in [0.2, 0.25) is 0 Å². The van der Waals surface area contributed by atoms with Gasteiger partial charge in [0.15, 0.2) is 5.11 Å². The van der Waals surface area contributed by atoms with Crippen molar-refractivity contribution in [1.29, 1.82) is 0 Å². The maximum Gasteiger partial charge on any atom is 0.167 e.